The molecule has 4 heteroatoms. The highest BCUT2D eigenvalue weighted by Gasteiger charge is 2.11. The lowest BCUT2D eigenvalue weighted by Crippen LogP contribution is -2.41. The van der Waals surface area contributed by atoms with Crippen LogP contribution in [0, 0.1) is 0 Å². The third-order valence-corrected chi connectivity index (χ3v) is 2.99. The van der Waals surface area contributed by atoms with Crippen LogP contribution in [0.2, 0.25) is 0 Å². The largest absolute Gasteiger partial charge is 0.506 e. The normalized spacial score (nSPS) is 11.7. The number of aromatic hydroxyl groups is 1. The Bertz CT molecular complexity index is 327. The number of nitrogens with one attached hydrogen (secondary N) is 1. The molecular formula is C14H25N3O. The van der Waals surface area contributed by atoms with Crippen molar-refractivity contribution >= 4 is 0 Å². The summed E-state index contributed by atoms with van der Waals surface area (Å²) in [5, 5.41) is 12.5. The highest BCUT2D eigenvalue weighted by molar-refractivity contribution is 5.17. The van der Waals surface area contributed by atoms with Gasteiger partial charge in [0, 0.05) is 31.7 Å². The van der Waals surface area contributed by atoms with Crippen molar-refractivity contribution in [1.29, 1.82) is 0 Å². The summed E-state index contributed by atoms with van der Waals surface area (Å²) in [6.45, 7) is 11.6. The zero-order valence-electron chi connectivity index (χ0n) is 11.8. The van der Waals surface area contributed by atoms with E-state index in [2.05, 4.69) is 42.9 Å². The summed E-state index contributed by atoms with van der Waals surface area (Å²) in [7, 11) is 0. The van der Waals surface area contributed by atoms with E-state index in [0.29, 0.717) is 12.1 Å². The SMILES string of the molecule is CC(C)N(CCNCc1ccc(O)cn1)C(C)C. The van der Waals surface area contributed by atoms with Crippen LogP contribution in [-0.4, -0.2) is 40.2 Å². The van der Waals surface area contributed by atoms with Crippen LogP contribution in [0.5, 0.6) is 5.75 Å². The molecule has 1 rings (SSSR count). The van der Waals surface area contributed by atoms with E-state index >= 15 is 0 Å². The van der Waals surface area contributed by atoms with E-state index in [0.717, 1.165) is 25.3 Å². The molecule has 2 N–H and O–H groups in total. The number of rotatable bonds is 7. The summed E-state index contributed by atoms with van der Waals surface area (Å²) in [4.78, 5) is 6.59. The fraction of sp³-hybridized carbons (Fsp3) is 0.643. The van der Waals surface area contributed by atoms with Gasteiger partial charge < -0.3 is 10.4 Å². The van der Waals surface area contributed by atoms with Gasteiger partial charge in [-0.25, -0.2) is 0 Å². The Morgan fingerprint density at radius 2 is 1.89 bits per heavy atom. The molecule has 4 nitrogen and oxygen atoms in total. The lowest BCUT2D eigenvalue weighted by molar-refractivity contribution is 0.175. The van der Waals surface area contributed by atoms with E-state index in [4.69, 9.17) is 5.11 Å². The van der Waals surface area contributed by atoms with Gasteiger partial charge >= 0.3 is 0 Å². The van der Waals surface area contributed by atoms with E-state index in [1.807, 2.05) is 6.07 Å². The first-order valence-corrected chi connectivity index (χ1v) is 6.61. The van der Waals surface area contributed by atoms with E-state index in [1.165, 1.54) is 6.20 Å². The highest BCUT2D eigenvalue weighted by Crippen LogP contribution is 2.06. The molecule has 0 radical (unpaired) electrons. The third kappa shape index (κ3) is 5.02. The maximum atomic E-state index is 9.13. The second-order valence-corrected chi connectivity index (χ2v) is 5.11. The van der Waals surface area contributed by atoms with Crippen LogP contribution in [0.25, 0.3) is 0 Å². The Morgan fingerprint density at radius 3 is 2.39 bits per heavy atom. The first kappa shape index (κ1) is 14.9. The van der Waals surface area contributed by atoms with E-state index in [9.17, 15) is 0 Å². The van der Waals surface area contributed by atoms with E-state index in [-0.39, 0.29) is 5.75 Å². The van der Waals surface area contributed by atoms with Gasteiger partial charge in [-0.1, -0.05) is 0 Å². The van der Waals surface area contributed by atoms with Gasteiger partial charge in [0.05, 0.1) is 11.9 Å². The molecule has 1 aromatic heterocycles. The molecule has 1 heterocycles. The van der Waals surface area contributed by atoms with Gasteiger partial charge in [0.2, 0.25) is 0 Å². The van der Waals surface area contributed by atoms with E-state index < -0.39 is 0 Å². The van der Waals surface area contributed by atoms with Gasteiger partial charge in [0.25, 0.3) is 0 Å². The van der Waals surface area contributed by atoms with Gasteiger partial charge in [0.1, 0.15) is 5.75 Å². The smallest absolute Gasteiger partial charge is 0.133 e. The number of nitrogens with zero attached hydrogens (tertiary/aromatic N) is 2. The molecule has 0 fully saturated rings. The third-order valence-electron chi connectivity index (χ3n) is 2.99. The molecule has 0 unspecified atom stereocenters. The molecule has 18 heavy (non-hydrogen) atoms. The minimum absolute atomic E-state index is 0.213. The molecule has 0 saturated heterocycles. The molecular weight excluding hydrogens is 226 g/mol. The van der Waals surface area contributed by atoms with Crippen LogP contribution in [0.3, 0.4) is 0 Å². The van der Waals surface area contributed by atoms with Crippen molar-refractivity contribution in [3.05, 3.63) is 24.0 Å². The number of hydrogen-bond acceptors (Lipinski definition) is 4. The Balaban J connectivity index is 2.27. The molecule has 0 aliphatic rings. The quantitative estimate of drug-likeness (QED) is 0.728. The van der Waals surface area contributed by atoms with Gasteiger partial charge in [-0.2, -0.15) is 0 Å². The van der Waals surface area contributed by atoms with Crippen molar-refractivity contribution in [2.75, 3.05) is 13.1 Å². The lowest BCUT2D eigenvalue weighted by Gasteiger charge is -2.30. The van der Waals surface area contributed by atoms with Gasteiger partial charge in [-0.05, 0) is 39.8 Å². The molecule has 1 aromatic rings. The van der Waals surface area contributed by atoms with Crippen molar-refractivity contribution in [2.45, 2.75) is 46.3 Å². The molecule has 0 aromatic carbocycles. The van der Waals surface area contributed by atoms with E-state index in [1.54, 1.807) is 6.07 Å². The van der Waals surface area contributed by atoms with Crippen LogP contribution >= 0.6 is 0 Å². The molecule has 0 atom stereocenters. The molecule has 102 valence electrons. The minimum Gasteiger partial charge on any atom is -0.506 e. The number of pyridine rings is 1. The molecule has 0 bridgehead atoms. The molecule has 0 saturated carbocycles. The first-order valence-electron chi connectivity index (χ1n) is 6.61. The number of hydrogen-bond donors (Lipinski definition) is 2. The van der Waals surface area contributed by atoms with Crippen molar-refractivity contribution in [2.24, 2.45) is 0 Å². The Labute approximate surface area is 110 Å². The highest BCUT2D eigenvalue weighted by atomic mass is 16.3. The average molecular weight is 251 g/mol. The van der Waals surface area contributed by atoms with Gasteiger partial charge in [-0.3, -0.25) is 9.88 Å². The van der Waals surface area contributed by atoms with Crippen LogP contribution in [0.1, 0.15) is 33.4 Å². The Hall–Kier alpha value is -1.13. The Kier molecular flexibility index (Phi) is 6.09. The minimum atomic E-state index is 0.213. The molecule has 0 aliphatic carbocycles. The molecule has 0 spiro atoms. The van der Waals surface area contributed by atoms with Crippen molar-refractivity contribution in [3.63, 3.8) is 0 Å². The van der Waals surface area contributed by atoms with Crippen LogP contribution in [0.4, 0.5) is 0 Å². The van der Waals surface area contributed by atoms with Gasteiger partial charge in [0.15, 0.2) is 0 Å². The summed E-state index contributed by atoms with van der Waals surface area (Å²) >= 11 is 0. The second-order valence-electron chi connectivity index (χ2n) is 5.11. The summed E-state index contributed by atoms with van der Waals surface area (Å²) in [5.74, 6) is 0.213. The summed E-state index contributed by atoms with van der Waals surface area (Å²) in [6.07, 6.45) is 1.48. The second kappa shape index (κ2) is 7.34. The number of aromatic nitrogens is 1. The standard InChI is InChI=1S/C14H25N3O/c1-11(2)17(12(3)4)8-7-15-9-13-5-6-14(18)10-16-13/h5-6,10-12,15,18H,7-9H2,1-4H3. The van der Waals surface area contributed by atoms with Crippen LogP contribution in [0.15, 0.2) is 18.3 Å². The summed E-state index contributed by atoms with van der Waals surface area (Å²) in [5.41, 5.74) is 0.952. The average Bonchev–Trinajstić information content (AvgIpc) is 2.30. The van der Waals surface area contributed by atoms with Crippen LogP contribution < -0.4 is 5.32 Å². The first-order chi connectivity index (χ1) is 8.50. The predicted octanol–water partition coefficient (Wildman–Crippen LogP) is 2.00. The topological polar surface area (TPSA) is 48.4 Å². The fourth-order valence-electron chi connectivity index (χ4n) is 2.06. The zero-order chi connectivity index (χ0) is 13.5. The Morgan fingerprint density at radius 1 is 1.22 bits per heavy atom. The lowest BCUT2D eigenvalue weighted by atomic mass is 10.2. The molecule has 0 aliphatic heterocycles. The van der Waals surface area contributed by atoms with Crippen molar-refractivity contribution < 1.29 is 5.11 Å². The monoisotopic (exact) mass is 251 g/mol. The predicted molar refractivity (Wildman–Crippen MR) is 74.6 cm³/mol. The summed E-state index contributed by atoms with van der Waals surface area (Å²) in [6, 6.07) is 4.64. The van der Waals surface area contributed by atoms with Gasteiger partial charge in [-0.15, -0.1) is 0 Å². The maximum Gasteiger partial charge on any atom is 0.133 e. The zero-order valence-corrected chi connectivity index (χ0v) is 11.8. The van der Waals surface area contributed by atoms with Crippen molar-refractivity contribution in [3.8, 4) is 5.75 Å². The summed E-state index contributed by atoms with van der Waals surface area (Å²) < 4.78 is 0. The fourth-order valence-corrected chi connectivity index (χ4v) is 2.06. The maximum absolute atomic E-state index is 9.13. The molecule has 0 amide bonds. The van der Waals surface area contributed by atoms with Crippen molar-refractivity contribution in [1.82, 2.24) is 15.2 Å². The van der Waals surface area contributed by atoms with Crippen LogP contribution in [-0.2, 0) is 6.54 Å².